The van der Waals surface area contributed by atoms with E-state index in [1.165, 1.54) is 29.6 Å². The van der Waals surface area contributed by atoms with Crippen LogP contribution < -0.4 is 5.32 Å². The maximum absolute atomic E-state index is 12.9. The Kier molecular flexibility index (Phi) is 6.42. The van der Waals surface area contributed by atoms with E-state index in [0.717, 1.165) is 38.3 Å². The standard InChI is InChI=1S/C22H14ClF3N2O3S2/c1-11(19(29)27-15-10-12(22(24,25)26)6-7-13(15)23)31-21(30)18-9-8-17(32-18)20-28-14-4-2-3-5-16(14)33-20/h2-11H,1H3,(H,27,29)/t11-/m0/s1. The van der Waals surface area contributed by atoms with Crippen molar-refractivity contribution in [1.82, 2.24) is 4.98 Å². The highest BCUT2D eigenvalue weighted by atomic mass is 35.5. The number of thiophene rings is 1. The van der Waals surface area contributed by atoms with Crippen molar-refractivity contribution >= 4 is 62.1 Å². The highest BCUT2D eigenvalue weighted by Gasteiger charge is 2.31. The van der Waals surface area contributed by atoms with E-state index in [1.807, 2.05) is 24.3 Å². The van der Waals surface area contributed by atoms with Gasteiger partial charge in [-0.1, -0.05) is 23.7 Å². The first-order chi connectivity index (χ1) is 15.6. The van der Waals surface area contributed by atoms with Crippen LogP contribution in [0.1, 0.15) is 22.2 Å². The lowest BCUT2D eigenvalue weighted by Crippen LogP contribution is -2.30. The maximum atomic E-state index is 12.9. The summed E-state index contributed by atoms with van der Waals surface area (Å²) >= 11 is 8.55. The van der Waals surface area contributed by atoms with Crippen LogP contribution >= 0.6 is 34.3 Å². The molecule has 4 aromatic rings. The molecule has 0 spiro atoms. The Bertz CT molecular complexity index is 1320. The van der Waals surface area contributed by atoms with Crippen molar-refractivity contribution in [3.05, 3.63) is 70.1 Å². The van der Waals surface area contributed by atoms with Crippen LogP contribution in [0.25, 0.3) is 20.1 Å². The van der Waals surface area contributed by atoms with Crippen LogP contribution in [0.4, 0.5) is 18.9 Å². The molecule has 1 amide bonds. The molecule has 1 atom stereocenters. The molecule has 0 saturated heterocycles. The van der Waals surface area contributed by atoms with Gasteiger partial charge in [-0.3, -0.25) is 4.79 Å². The number of rotatable bonds is 5. The van der Waals surface area contributed by atoms with Gasteiger partial charge in [0, 0.05) is 0 Å². The van der Waals surface area contributed by atoms with Crippen molar-refractivity contribution < 1.29 is 27.5 Å². The molecular formula is C22H14ClF3N2O3S2. The van der Waals surface area contributed by atoms with Crippen LogP contribution in [0, 0.1) is 0 Å². The zero-order valence-corrected chi connectivity index (χ0v) is 19.2. The summed E-state index contributed by atoms with van der Waals surface area (Å²) < 4.78 is 44.9. The molecule has 0 aliphatic rings. The highest BCUT2D eigenvalue weighted by Crippen LogP contribution is 2.35. The average Bonchev–Trinajstić information content (AvgIpc) is 3.41. The maximum Gasteiger partial charge on any atom is 0.416 e. The van der Waals surface area contributed by atoms with E-state index in [4.69, 9.17) is 16.3 Å². The van der Waals surface area contributed by atoms with E-state index in [9.17, 15) is 22.8 Å². The molecule has 170 valence electrons. The number of thiazole rings is 1. The first-order valence-corrected chi connectivity index (χ1v) is 11.5. The first-order valence-electron chi connectivity index (χ1n) is 9.46. The van der Waals surface area contributed by atoms with Gasteiger partial charge in [-0.2, -0.15) is 13.2 Å². The molecule has 0 bridgehead atoms. The Morgan fingerprint density at radius 3 is 2.58 bits per heavy atom. The number of halogens is 4. The molecule has 2 aromatic heterocycles. The third-order valence-electron chi connectivity index (χ3n) is 4.52. The number of fused-ring (bicyclic) bond motifs is 1. The molecule has 4 rings (SSSR count). The normalized spacial score (nSPS) is 12.5. The van der Waals surface area contributed by atoms with Gasteiger partial charge in [-0.05, 0) is 49.4 Å². The number of esters is 1. The van der Waals surface area contributed by atoms with Crippen LogP contribution in [0.2, 0.25) is 5.02 Å². The number of nitrogens with zero attached hydrogens (tertiary/aromatic N) is 1. The van der Waals surface area contributed by atoms with Gasteiger partial charge < -0.3 is 10.1 Å². The number of nitrogens with one attached hydrogen (secondary N) is 1. The highest BCUT2D eigenvalue weighted by molar-refractivity contribution is 7.26. The third kappa shape index (κ3) is 5.18. The molecule has 0 radical (unpaired) electrons. The van der Waals surface area contributed by atoms with Gasteiger partial charge >= 0.3 is 12.1 Å². The van der Waals surface area contributed by atoms with Crippen LogP contribution in [0.15, 0.2) is 54.6 Å². The van der Waals surface area contributed by atoms with Crippen LogP contribution in [0.3, 0.4) is 0 Å². The summed E-state index contributed by atoms with van der Waals surface area (Å²) in [6.07, 6.45) is -5.86. The predicted molar refractivity (Wildman–Crippen MR) is 123 cm³/mol. The minimum Gasteiger partial charge on any atom is -0.448 e. The Morgan fingerprint density at radius 2 is 1.85 bits per heavy atom. The average molecular weight is 511 g/mol. The topological polar surface area (TPSA) is 68.3 Å². The Hall–Kier alpha value is -2.95. The van der Waals surface area contributed by atoms with E-state index in [-0.39, 0.29) is 15.6 Å². The molecule has 0 fully saturated rings. The number of ether oxygens (including phenoxy) is 1. The number of para-hydroxylation sites is 1. The van der Waals surface area contributed by atoms with Crippen LogP contribution in [-0.4, -0.2) is 23.0 Å². The van der Waals surface area contributed by atoms with E-state index >= 15 is 0 Å². The fourth-order valence-electron chi connectivity index (χ4n) is 2.84. The molecule has 2 aromatic carbocycles. The molecule has 1 N–H and O–H groups in total. The van der Waals surface area contributed by atoms with Gasteiger partial charge in [0.05, 0.1) is 31.4 Å². The van der Waals surface area contributed by atoms with Crippen molar-refractivity contribution in [1.29, 1.82) is 0 Å². The number of amides is 1. The summed E-state index contributed by atoms with van der Waals surface area (Å²) in [4.78, 5) is 30.5. The van der Waals surface area contributed by atoms with Gasteiger partial charge in [0.15, 0.2) is 6.10 Å². The van der Waals surface area contributed by atoms with Gasteiger partial charge in [-0.25, -0.2) is 9.78 Å². The van der Waals surface area contributed by atoms with Crippen LogP contribution in [-0.2, 0) is 15.7 Å². The summed E-state index contributed by atoms with van der Waals surface area (Å²) in [5.74, 6) is -1.54. The van der Waals surface area contributed by atoms with Gasteiger partial charge in [0.2, 0.25) is 0 Å². The number of benzene rings is 2. The summed E-state index contributed by atoms with van der Waals surface area (Å²) in [5.41, 5.74) is -0.338. The summed E-state index contributed by atoms with van der Waals surface area (Å²) in [6, 6.07) is 13.5. The molecule has 0 aliphatic heterocycles. The van der Waals surface area contributed by atoms with Crippen molar-refractivity contribution in [2.75, 3.05) is 5.32 Å². The third-order valence-corrected chi connectivity index (χ3v) is 7.12. The van der Waals surface area contributed by atoms with E-state index in [1.54, 1.807) is 12.1 Å². The van der Waals surface area contributed by atoms with Gasteiger partial charge in [0.25, 0.3) is 5.91 Å². The fraction of sp³-hybridized carbons (Fsp3) is 0.136. The molecule has 5 nitrogen and oxygen atoms in total. The van der Waals surface area contributed by atoms with Gasteiger partial charge in [-0.15, -0.1) is 22.7 Å². The SMILES string of the molecule is C[C@H](OC(=O)c1ccc(-c2nc3ccccc3s2)s1)C(=O)Nc1cc(C(F)(F)F)ccc1Cl. The minimum atomic E-state index is -4.59. The Balaban J connectivity index is 1.43. The lowest BCUT2D eigenvalue weighted by atomic mass is 10.2. The van der Waals surface area contributed by atoms with Crippen molar-refractivity contribution in [2.24, 2.45) is 0 Å². The molecule has 33 heavy (non-hydrogen) atoms. The first kappa shape index (κ1) is 23.2. The predicted octanol–water partition coefficient (Wildman–Crippen LogP) is 6.88. The molecule has 0 unspecified atom stereocenters. The number of carbonyl (C=O) groups is 2. The monoisotopic (exact) mass is 510 g/mol. The fourth-order valence-corrected chi connectivity index (χ4v) is 4.92. The van der Waals surface area contributed by atoms with Crippen molar-refractivity contribution in [3.8, 4) is 9.88 Å². The molecule has 0 saturated carbocycles. The number of alkyl halides is 3. The number of anilines is 1. The van der Waals surface area contributed by atoms with E-state index in [2.05, 4.69) is 10.3 Å². The number of carbonyl (C=O) groups excluding carboxylic acids is 2. The van der Waals surface area contributed by atoms with Crippen LogP contribution in [0.5, 0.6) is 0 Å². The zero-order valence-electron chi connectivity index (χ0n) is 16.8. The minimum absolute atomic E-state index is 0.0754. The second kappa shape index (κ2) is 9.12. The second-order valence-corrected chi connectivity index (χ2v) is 9.40. The largest absolute Gasteiger partial charge is 0.448 e. The summed E-state index contributed by atoms with van der Waals surface area (Å²) in [5, 5.41) is 2.95. The Labute approximate surface area is 198 Å². The smallest absolute Gasteiger partial charge is 0.416 e. The molecular weight excluding hydrogens is 497 g/mol. The van der Waals surface area contributed by atoms with E-state index in [0.29, 0.717) is 0 Å². The number of hydrogen-bond donors (Lipinski definition) is 1. The number of aromatic nitrogens is 1. The van der Waals surface area contributed by atoms with Crippen molar-refractivity contribution in [2.45, 2.75) is 19.2 Å². The summed E-state index contributed by atoms with van der Waals surface area (Å²) in [6.45, 7) is 1.32. The summed E-state index contributed by atoms with van der Waals surface area (Å²) in [7, 11) is 0. The molecule has 2 heterocycles. The lowest BCUT2D eigenvalue weighted by Gasteiger charge is -2.15. The quantitative estimate of drug-likeness (QED) is 0.297. The second-order valence-electron chi connectivity index (χ2n) is 6.88. The number of hydrogen-bond acceptors (Lipinski definition) is 6. The molecule has 0 aliphatic carbocycles. The lowest BCUT2D eigenvalue weighted by molar-refractivity contribution is -0.137. The zero-order chi connectivity index (χ0) is 23.8. The van der Waals surface area contributed by atoms with E-state index < -0.39 is 29.7 Å². The van der Waals surface area contributed by atoms with Gasteiger partial charge in [0.1, 0.15) is 9.88 Å². The molecule has 11 heteroatoms. The van der Waals surface area contributed by atoms with Crippen molar-refractivity contribution in [3.63, 3.8) is 0 Å². The Morgan fingerprint density at radius 1 is 1.09 bits per heavy atom.